The first-order valence-corrected chi connectivity index (χ1v) is 11.4. The molecule has 0 N–H and O–H groups in total. The van der Waals surface area contributed by atoms with Crippen molar-refractivity contribution in [3.63, 3.8) is 0 Å². The summed E-state index contributed by atoms with van der Waals surface area (Å²) in [6.07, 6.45) is 0. The van der Waals surface area contributed by atoms with Gasteiger partial charge in [-0.25, -0.2) is 0 Å². The first kappa shape index (κ1) is 26.6. The van der Waals surface area contributed by atoms with Gasteiger partial charge in [0.2, 0.25) is 0 Å². The van der Waals surface area contributed by atoms with E-state index in [2.05, 4.69) is 75.4 Å². The maximum Gasteiger partial charge on any atom is 4.00 e. The number of hydrogen-bond acceptors (Lipinski definition) is 0. The molecule has 0 spiro atoms. The van der Waals surface area contributed by atoms with Gasteiger partial charge in [-0.05, 0) is 29.2 Å². The van der Waals surface area contributed by atoms with Crippen molar-refractivity contribution < 1.29 is 21.7 Å². The molecule has 24 heavy (non-hydrogen) atoms. The third-order valence-electron chi connectivity index (χ3n) is 4.39. The van der Waals surface area contributed by atoms with Crippen molar-refractivity contribution in [2.45, 2.75) is 80.9 Å². The zero-order valence-corrected chi connectivity index (χ0v) is 20.4. The fraction of sp³-hybridized carbons (Fsp3) is 0.571. The van der Waals surface area contributed by atoms with Crippen LogP contribution in [0.25, 0.3) is 4.98 Å². The molecule has 0 aliphatic heterocycles. The molecule has 3 heteroatoms. The Balaban J connectivity index is 0. The van der Waals surface area contributed by atoms with Gasteiger partial charge < -0.3 is 30.0 Å². The molecule has 0 amide bonds. The number of hydrogen-bond donors (Lipinski definition) is 0. The first-order valence-electron chi connectivity index (χ1n) is 8.40. The predicted octanol–water partition coefficient (Wildman–Crippen LogP) is 6.86. The van der Waals surface area contributed by atoms with Gasteiger partial charge in [-0.1, -0.05) is 69.8 Å². The molecule has 1 nitrogen and oxygen atoms in total. The molecule has 0 unspecified atom stereocenters. The van der Waals surface area contributed by atoms with E-state index in [1.54, 1.807) is 5.54 Å². The van der Waals surface area contributed by atoms with Crippen LogP contribution in [0.1, 0.15) is 62.3 Å². The molecule has 1 rings (SSSR count). The second kappa shape index (κ2) is 9.90. The van der Waals surface area contributed by atoms with E-state index < -0.39 is 8.24 Å². The fourth-order valence-corrected chi connectivity index (χ4v) is 7.03. The van der Waals surface area contributed by atoms with Gasteiger partial charge in [0, 0.05) is 0 Å². The maximum absolute atomic E-state index is 5.13. The van der Waals surface area contributed by atoms with Gasteiger partial charge in [0.25, 0.3) is 0 Å². The Bertz CT molecular complexity index is 377. The number of rotatable bonds is 2. The van der Waals surface area contributed by atoms with Gasteiger partial charge in [0.05, 0.1) is 0 Å². The van der Waals surface area contributed by atoms with Crippen LogP contribution in [-0.2, 0) is 21.7 Å². The van der Waals surface area contributed by atoms with Gasteiger partial charge in [-0.2, -0.15) is 0 Å². The summed E-state index contributed by atoms with van der Waals surface area (Å²) >= 11 is 0. The summed E-state index contributed by atoms with van der Waals surface area (Å²) in [5.41, 5.74) is 3.75. The average Bonchev–Trinajstić information content (AvgIpc) is 2.51. The van der Waals surface area contributed by atoms with Crippen LogP contribution in [0.5, 0.6) is 0 Å². The quantitative estimate of drug-likeness (QED) is 0.368. The van der Waals surface area contributed by atoms with Crippen molar-refractivity contribution in [1.29, 1.82) is 0 Å². The molecule has 0 atom stereocenters. The molecule has 1 saturated carbocycles. The van der Waals surface area contributed by atoms with Crippen molar-refractivity contribution in [3.8, 4) is 0 Å². The molecular weight excluding hydrogens is 342 g/mol. The van der Waals surface area contributed by atoms with E-state index in [-0.39, 0.29) is 27.3 Å². The molecule has 0 aromatic carbocycles. The monoisotopic (exact) mass is 379 g/mol. The Labute approximate surface area is 169 Å². The minimum absolute atomic E-state index is 0. The van der Waals surface area contributed by atoms with Gasteiger partial charge in [-0.15, -0.1) is 19.4 Å². The molecule has 0 bridgehead atoms. The Kier molecular flexibility index (Phi) is 11.0. The smallest absolute Gasteiger partial charge is 0.659 e. The van der Waals surface area contributed by atoms with Crippen molar-refractivity contribution in [1.82, 2.24) is 0 Å². The van der Waals surface area contributed by atoms with E-state index in [0.717, 1.165) is 11.1 Å². The van der Waals surface area contributed by atoms with Crippen LogP contribution in [0.2, 0.25) is 13.1 Å². The zero-order chi connectivity index (χ0) is 18.7. The normalized spacial score (nSPS) is 20.3. The van der Waals surface area contributed by atoms with Crippen molar-refractivity contribution in [3.05, 3.63) is 59.2 Å². The molecule has 133 valence electrons. The summed E-state index contributed by atoms with van der Waals surface area (Å²) in [7, 11) is -1.69. The number of allylic oxidation sites excluding steroid dienone is 2. The van der Waals surface area contributed by atoms with E-state index in [1.807, 2.05) is 13.8 Å². The fourth-order valence-electron chi connectivity index (χ4n) is 3.03. The molecule has 0 heterocycles. The summed E-state index contributed by atoms with van der Waals surface area (Å²) in [5, 5.41) is 0. The van der Waals surface area contributed by atoms with Crippen LogP contribution < -0.4 is 0 Å². The van der Waals surface area contributed by atoms with Crippen LogP contribution in [0, 0.1) is 43.1 Å². The van der Waals surface area contributed by atoms with E-state index in [4.69, 9.17) is 4.98 Å². The van der Waals surface area contributed by atoms with Gasteiger partial charge in [-0.3, -0.25) is 0 Å². The Morgan fingerprint density at radius 1 is 0.792 bits per heavy atom. The first-order chi connectivity index (χ1) is 10.1. The minimum atomic E-state index is -1.69. The maximum atomic E-state index is 5.13. The van der Waals surface area contributed by atoms with E-state index in [9.17, 15) is 0 Å². The van der Waals surface area contributed by atoms with E-state index >= 15 is 0 Å². The number of nitrogens with zero attached hydrogens (tertiary/aromatic N) is 1. The van der Waals surface area contributed by atoms with Crippen LogP contribution >= 0.6 is 0 Å². The Morgan fingerprint density at radius 2 is 1.08 bits per heavy atom. The van der Waals surface area contributed by atoms with Crippen molar-refractivity contribution in [2.24, 2.45) is 0 Å². The second-order valence-electron chi connectivity index (χ2n) is 8.28. The summed E-state index contributed by atoms with van der Waals surface area (Å²) in [4.78, 5) is 5.13. The van der Waals surface area contributed by atoms with Crippen molar-refractivity contribution >= 4 is 8.24 Å². The second-order valence-corrected chi connectivity index (χ2v) is 12.1. The van der Waals surface area contributed by atoms with Crippen LogP contribution in [-0.4, -0.2) is 13.8 Å². The predicted molar refractivity (Wildman–Crippen MR) is 109 cm³/mol. The van der Waals surface area contributed by atoms with Gasteiger partial charge in [0.15, 0.2) is 0 Å². The molecular formula is C21H37NSiTi+. The minimum Gasteiger partial charge on any atom is -0.659 e. The summed E-state index contributed by atoms with van der Waals surface area (Å²) in [5.74, 6) is 5.87. The molecule has 1 aliphatic carbocycles. The molecule has 1 fully saturated rings. The largest absolute Gasteiger partial charge is 4.00 e. The third kappa shape index (κ3) is 7.72. The zero-order valence-electron chi connectivity index (χ0n) is 17.9. The summed E-state index contributed by atoms with van der Waals surface area (Å²) < 4.78 is 0. The molecule has 5 radical (unpaired) electrons. The standard InChI is InChI=1S/C15H27NSi.C6H10.Ti/c1-10-11(2)13(4)14(12(10)3)17(8,9)16-15(5,6)7;1-5(2)6(3)4;/h1-9H3;1,3H2,2,4H3;/q-1;-2;+4/b;6-5-;. The third-order valence-corrected chi connectivity index (χ3v) is 7.60. The SMILES string of the molecule is C[C]1[C](C)[C](C)[C]([Si](C)(C)[N-]C(C)(C)C)[C]1C.[CH2-]/C(C)=C(\[CH2-])C.[Ti+4]. The molecule has 0 aromatic heterocycles. The topological polar surface area (TPSA) is 14.1 Å². The van der Waals surface area contributed by atoms with Crippen LogP contribution in [0.15, 0.2) is 11.1 Å². The summed E-state index contributed by atoms with van der Waals surface area (Å²) in [6, 6.07) is 0. The van der Waals surface area contributed by atoms with Gasteiger partial charge >= 0.3 is 21.7 Å². The van der Waals surface area contributed by atoms with Gasteiger partial charge in [0.1, 0.15) is 0 Å². The van der Waals surface area contributed by atoms with Crippen molar-refractivity contribution in [2.75, 3.05) is 0 Å². The van der Waals surface area contributed by atoms with E-state index in [0.29, 0.717) is 0 Å². The Hall–Kier alpha value is 0.371. The van der Waals surface area contributed by atoms with Crippen LogP contribution in [0.4, 0.5) is 0 Å². The summed E-state index contributed by atoms with van der Waals surface area (Å²) in [6.45, 7) is 31.5. The molecule has 0 saturated heterocycles. The molecule has 0 aromatic rings. The molecule has 1 aliphatic rings. The van der Waals surface area contributed by atoms with E-state index in [1.165, 1.54) is 23.7 Å². The average molecular weight is 379 g/mol. The Morgan fingerprint density at radius 3 is 1.29 bits per heavy atom. The van der Waals surface area contributed by atoms with Crippen LogP contribution in [0.3, 0.4) is 0 Å².